The molecule has 0 unspecified atom stereocenters. The van der Waals surface area contributed by atoms with Crippen LogP contribution in [0.4, 0.5) is 10.5 Å². The number of phenols is 1. The second kappa shape index (κ2) is 18.8. The molecule has 3 N–H and O–H groups in total. The zero-order chi connectivity index (χ0) is 34.5. The van der Waals surface area contributed by atoms with Crippen LogP contribution in [0.3, 0.4) is 0 Å². The van der Waals surface area contributed by atoms with E-state index in [4.69, 9.17) is 4.74 Å². The fraction of sp³-hybridized carbons (Fsp3) is 0.605. The Morgan fingerprint density at radius 3 is 2.38 bits per heavy atom. The highest BCUT2D eigenvalue weighted by Gasteiger charge is 2.30. The van der Waals surface area contributed by atoms with Crippen LogP contribution in [0.5, 0.6) is 5.75 Å². The molecule has 2 saturated heterocycles. The third kappa shape index (κ3) is 11.0. The van der Waals surface area contributed by atoms with Crippen LogP contribution >= 0.6 is 0 Å². The van der Waals surface area contributed by atoms with E-state index in [1.165, 1.54) is 11.1 Å². The van der Waals surface area contributed by atoms with Crippen molar-refractivity contribution in [1.29, 1.82) is 0 Å². The zero-order valence-electron chi connectivity index (χ0n) is 29.6. The Morgan fingerprint density at radius 2 is 1.69 bits per heavy atom. The molecule has 3 aliphatic heterocycles. The van der Waals surface area contributed by atoms with Crippen LogP contribution in [0.15, 0.2) is 36.4 Å². The smallest absolute Gasteiger partial charge is 0.322 e. The van der Waals surface area contributed by atoms with E-state index in [1.54, 1.807) is 0 Å². The van der Waals surface area contributed by atoms with E-state index in [0.29, 0.717) is 31.4 Å². The molecule has 48 heavy (non-hydrogen) atoms. The molecule has 3 heterocycles. The molecule has 3 aliphatic rings. The maximum Gasteiger partial charge on any atom is 0.322 e. The normalized spacial score (nSPS) is 17.5. The highest BCUT2D eigenvalue weighted by molar-refractivity contribution is 5.90. The first-order valence-electron chi connectivity index (χ1n) is 17.9. The number of nitrogens with one attached hydrogen (secondary N) is 2. The Kier molecular flexibility index (Phi) is 14.6. The molecule has 2 aromatic carbocycles. The molecule has 5 rings (SSSR count). The van der Waals surface area contributed by atoms with Crippen molar-refractivity contribution in [2.45, 2.75) is 97.6 Å². The molecule has 4 amide bonds. The van der Waals surface area contributed by atoms with Crippen molar-refractivity contribution in [1.82, 2.24) is 20.0 Å². The van der Waals surface area contributed by atoms with Gasteiger partial charge in [-0.25, -0.2) is 4.79 Å². The first-order chi connectivity index (χ1) is 23.2. The number of rotatable bonds is 10. The van der Waals surface area contributed by atoms with Crippen molar-refractivity contribution in [3.05, 3.63) is 58.7 Å². The number of fused-ring (bicyclic) bond motifs is 1. The van der Waals surface area contributed by atoms with Gasteiger partial charge in [0, 0.05) is 76.6 Å². The minimum atomic E-state index is -0.0556. The number of carbonyl (C=O) groups is 3. The molecular formula is C38H57N5O5. The number of piperidine rings is 1. The summed E-state index contributed by atoms with van der Waals surface area (Å²) in [4.78, 5) is 44.3. The number of nitrogens with zero attached hydrogens (tertiary/aromatic N) is 3. The van der Waals surface area contributed by atoms with Gasteiger partial charge >= 0.3 is 6.03 Å². The molecule has 0 bridgehead atoms. The molecular weight excluding hydrogens is 606 g/mol. The minimum absolute atomic E-state index is 0.0290. The molecule has 10 nitrogen and oxygen atoms in total. The monoisotopic (exact) mass is 663 g/mol. The van der Waals surface area contributed by atoms with Crippen molar-refractivity contribution in [3.8, 4) is 5.75 Å². The van der Waals surface area contributed by atoms with Crippen molar-refractivity contribution in [2.24, 2.45) is 0 Å². The molecule has 10 heteroatoms. The molecule has 0 spiro atoms. The number of amides is 4. The number of hydrogen-bond acceptors (Lipinski definition) is 6. The van der Waals surface area contributed by atoms with E-state index in [2.05, 4.69) is 28.5 Å². The average molecular weight is 664 g/mol. The van der Waals surface area contributed by atoms with Gasteiger partial charge in [0.2, 0.25) is 11.8 Å². The number of aromatic hydroxyl groups is 1. The number of carbonyl (C=O) groups excluding carboxylic acids is 3. The molecule has 264 valence electrons. The summed E-state index contributed by atoms with van der Waals surface area (Å²) in [5.74, 6) is 0.395. The van der Waals surface area contributed by atoms with Crippen molar-refractivity contribution < 1.29 is 24.2 Å². The summed E-state index contributed by atoms with van der Waals surface area (Å²) >= 11 is 0. The van der Waals surface area contributed by atoms with Gasteiger partial charge in [-0.15, -0.1) is 0 Å². The first kappa shape index (κ1) is 37.2. The summed E-state index contributed by atoms with van der Waals surface area (Å²) in [6.45, 7) is 14.3. The van der Waals surface area contributed by atoms with Gasteiger partial charge in [-0.1, -0.05) is 42.8 Å². The Balaban J connectivity index is 0.000000445. The predicted molar refractivity (Wildman–Crippen MR) is 190 cm³/mol. The van der Waals surface area contributed by atoms with Gasteiger partial charge in [-0.2, -0.15) is 0 Å². The lowest BCUT2D eigenvalue weighted by molar-refractivity contribution is -0.134. The van der Waals surface area contributed by atoms with Gasteiger partial charge < -0.3 is 35.2 Å². The van der Waals surface area contributed by atoms with E-state index >= 15 is 0 Å². The Bertz CT molecular complexity index is 1330. The maximum absolute atomic E-state index is 12.9. The number of aryl methyl sites for hydroxylation is 4. The number of ether oxygens (including phenoxy) is 1. The standard InChI is InChI=1S/C29H45N5O4.C9H12O/c1-2-32(24-14-21-38-22-15-24)17-6-16-30-27(35)10-11-28(36)33-19-12-25(13-20-33)34-18-5-8-23-7-3-4-9-26(23)31-29(34)37;1-6-4-7(2)9(10)8(3)5-6/h3-4,7,9,24-25H,2,5-6,8,10-22H2,1H3,(H,30,35)(H,31,37);4-5,10H,1-3H3. The number of hydrogen-bond donors (Lipinski definition) is 3. The number of anilines is 1. The van der Waals surface area contributed by atoms with Gasteiger partial charge in [0.25, 0.3) is 0 Å². The Hall–Kier alpha value is -3.63. The summed E-state index contributed by atoms with van der Waals surface area (Å²) < 4.78 is 5.47. The van der Waals surface area contributed by atoms with Gasteiger partial charge in [-0.3, -0.25) is 9.59 Å². The molecule has 0 atom stereocenters. The lowest BCUT2D eigenvalue weighted by Gasteiger charge is -2.39. The third-order valence-electron chi connectivity index (χ3n) is 9.88. The molecule has 0 aliphatic carbocycles. The molecule has 2 fully saturated rings. The highest BCUT2D eigenvalue weighted by atomic mass is 16.5. The summed E-state index contributed by atoms with van der Waals surface area (Å²) in [5.41, 5.74) is 5.20. The van der Waals surface area contributed by atoms with Crippen LogP contribution in [0, 0.1) is 20.8 Å². The predicted octanol–water partition coefficient (Wildman–Crippen LogP) is 5.56. The van der Waals surface area contributed by atoms with Gasteiger partial charge in [0.05, 0.1) is 0 Å². The summed E-state index contributed by atoms with van der Waals surface area (Å²) in [7, 11) is 0. The van der Waals surface area contributed by atoms with Crippen LogP contribution in [0.25, 0.3) is 0 Å². The summed E-state index contributed by atoms with van der Waals surface area (Å²) in [6.07, 6.45) is 6.96. The maximum atomic E-state index is 12.9. The van der Waals surface area contributed by atoms with E-state index < -0.39 is 0 Å². The third-order valence-corrected chi connectivity index (χ3v) is 9.88. The second-order valence-electron chi connectivity index (χ2n) is 13.4. The van der Waals surface area contributed by atoms with Crippen molar-refractivity contribution in [2.75, 3.05) is 57.8 Å². The van der Waals surface area contributed by atoms with Crippen LogP contribution in [0.1, 0.15) is 80.5 Å². The number of phenolic OH excluding ortho intramolecular Hbond substituents is 1. The van der Waals surface area contributed by atoms with Crippen LogP contribution in [0.2, 0.25) is 0 Å². The lowest BCUT2D eigenvalue weighted by Crippen LogP contribution is -2.50. The van der Waals surface area contributed by atoms with Crippen molar-refractivity contribution >= 4 is 23.5 Å². The van der Waals surface area contributed by atoms with Gasteiger partial charge in [0.1, 0.15) is 5.75 Å². The van der Waals surface area contributed by atoms with Crippen LogP contribution < -0.4 is 10.6 Å². The molecule has 0 radical (unpaired) electrons. The first-order valence-corrected chi connectivity index (χ1v) is 17.9. The largest absolute Gasteiger partial charge is 0.507 e. The molecule has 0 saturated carbocycles. The topological polar surface area (TPSA) is 114 Å². The number of likely N-dealkylation sites (tertiary alicyclic amines) is 1. The Morgan fingerprint density at radius 1 is 1.00 bits per heavy atom. The molecule has 2 aromatic rings. The average Bonchev–Trinajstić information content (AvgIpc) is 3.08. The quantitative estimate of drug-likeness (QED) is 0.287. The lowest BCUT2D eigenvalue weighted by atomic mass is 10.0. The number of para-hydroxylation sites is 1. The van der Waals surface area contributed by atoms with Gasteiger partial charge in [0.15, 0.2) is 0 Å². The van der Waals surface area contributed by atoms with Crippen molar-refractivity contribution in [3.63, 3.8) is 0 Å². The highest BCUT2D eigenvalue weighted by Crippen LogP contribution is 2.25. The fourth-order valence-electron chi connectivity index (χ4n) is 7.16. The summed E-state index contributed by atoms with van der Waals surface area (Å²) in [5, 5.41) is 15.4. The SMILES string of the molecule is CCN(CCCNC(=O)CCC(=O)N1CCC(N2CCCc3ccccc3NC2=O)CC1)C1CCOCC1.Cc1cc(C)c(O)c(C)c1. The van der Waals surface area contributed by atoms with E-state index in [1.807, 2.05) is 60.9 Å². The van der Waals surface area contributed by atoms with Crippen LogP contribution in [-0.4, -0.2) is 102 Å². The van der Waals surface area contributed by atoms with Gasteiger partial charge in [-0.05, 0) is 95.0 Å². The van der Waals surface area contributed by atoms with E-state index in [9.17, 15) is 19.5 Å². The van der Waals surface area contributed by atoms with Crippen LogP contribution in [-0.2, 0) is 20.7 Å². The second-order valence-corrected chi connectivity index (χ2v) is 13.4. The number of benzene rings is 2. The minimum Gasteiger partial charge on any atom is -0.507 e. The zero-order valence-corrected chi connectivity index (χ0v) is 29.6. The Labute approximate surface area is 287 Å². The summed E-state index contributed by atoms with van der Waals surface area (Å²) in [6, 6.07) is 12.6. The van der Waals surface area contributed by atoms with E-state index in [-0.39, 0.29) is 36.7 Å². The fourth-order valence-corrected chi connectivity index (χ4v) is 7.16. The molecule has 0 aromatic heterocycles. The number of urea groups is 1. The van der Waals surface area contributed by atoms with E-state index in [0.717, 1.165) is 94.6 Å².